The number of rotatable bonds is 6. The number of amides is 1. The number of halogens is 1. The zero-order valence-corrected chi connectivity index (χ0v) is 20.4. The average Bonchev–Trinajstić information content (AvgIpc) is 3.38. The molecule has 2 aromatic heterocycles. The molecule has 0 saturated carbocycles. The predicted octanol–water partition coefficient (Wildman–Crippen LogP) is 6.75. The fraction of sp³-hybridized carbons (Fsp3) is 0.217. The number of benzene rings is 2. The van der Waals surface area contributed by atoms with Gasteiger partial charge in [-0.2, -0.15) is 0 Å². The van der Waals surface area contributed by atoms with Gasteiger partial charge < -0.3 is 4.42 Å². The van der Waals surface area contributed by atoms with E-state index in [0.717, 1.165) is 27.9 Å². The lowest BCUT2D eigenvalue weighted by Gasteiger charge is -2.22. The van der Waals surface area contributed by atoms with Gasteiger partial charge in [0.05, 0.1) is 16.4 Å². The molecule has 0 spiro atoms. The summed E-state index contributed by atoms with van der Waals surface area (Å²) >= 11 is 9.29. The molecule has 0 saturated heterocycles. The van der Waals surface area contributed by atoms with Crippen molar-refractivity contribution in [1.29, 1.82) is 0 Å². The molecule has 0 atom stereocenters. The van der Waals surface area contributed by atoms with Crippen LogP contribution in [0.15, 0.2) is 51.4 Å². The van der Waals surface area contributed by atoms with Crippen molar-refractivity contribution in [2.45, 2.75) is 38.7 Å². The topological polar surface area (TPSA) is 72.1 Å². The van der Waals surface area contributed by atoms with Crippen molar-refractivity contribution in [3.8, 4) is 11.5 Å². The minimum absolute atomic E-state index is 0.146. The Balaban J connectivity index is 1.52. The fourth-order valence-corrected chi connectivity index (χ4v) is 5.41. The van der Waals surface area contributed by atoms with E-state index in [-0.39, 0.29) is 5.91 Å². The minimum atomic E-state index is -0.146. The monoisotopic (exact) mass is 484 g/mol. The van der Waals surface area contributed by atoms with E-state index in [1.165, 1.54) is 30.0 Å². The maximum Gasteiger partial charge on any atom is 0.277 e. The van der Waals surface area contributed by atoms with Crippen molar-refractivity contribution in [1.82, 2.24) is 15.2 Å². The number of hydrogen-bond acceptors (Lipinski definition) is 7. The van der Waals surface area contributed by atoms with Crippen LogP contribution in [0.25, 0.3) is 11.5 Å². The molecule has 32 heavy (non-hydrogen) atoms. The maximum atomic E-state index is 12.5. The van der Waals surface area contributed by atoms with Crippen molar-refractivity contribution in [2.24, 2.45) is 0 Å². The molecule has 2 heterocycles. The molecule has 164 valence electrons. The van der Waals surface area contributed by atoms with Gasteiger partial charge in [-0.3, -0.25) is 9.69 Å². The Hall–Kier alpha value is -2.68. The molecule has 4 aromatic rings. The first-order valence-corrected chi connectivity index (χ1v) is 12.1. The van der Waals surface area contributed by atoms with Gasteiger partial charge in [-0.15, -0.1) is 21.5 Å². The highest BCUT2D eigenvalue weighted by Gasteiger charge is 2.23. The summed E-state index contributed by atoms with van der Waals surface area (Å²) < 4.78 is 5.81. The van der Waals surface area contributed by atoms with E-state index in [4.69, 9.17) is 16.0 Å². The van der Waals surface area contributed by atoms with Gasteiger partial charge in [0.25, 0.3) is 5.22 Å². The van der Waals surface area contributed by atoms with Crippen molar-refractivity contribution in [3.05, 3.63) is 69.2 Å². The lowest BCUT2D eigenvalue weighted by molar-refractivity contribution is -0.115. The molecule has 0 unspecified atom stereocenters. The Morgan fingerprint density at radius 2 is 1.94 bits per heavy atom. The molecule has 6 nitrogen and oxygen atoms in total. The number of nitrogens with zero attached hydrogens (tertiary/aromatic N) is 4. The van der Waals surface area contributed by atoms with Gasteiger partial charge in [-0.1, -0.05) is 47.6 Å². The number of thioether (sulfide) groups is 1. The third-order valence-electron chi connectivity index (χ3n) is 4.79. The lowest BCUT2D eigenvalue weighted by Crippen LogP contribution is -2.24. The number of thiazole rings is 1. The van der Waals surface area contributed by atoms with Gasteiger partial charge in [0, 0.05) is 23.6 Å². The zero-order chi connectivity index (χ0) is 22.8. The van der Waals surface area contributed by atoms with Gasteiger partial charge in [0.15, 0.2) is 5.13 Å². The summed E-state index contributed by atoms with van der Waals surface area (Å²) in [5, 5.41) is 11.8. The molecule has 0 N–H and O–H groups in total. The number of carbonyl (C=O) groups is 1. The SMILES string of the molecule is CC(=O)N(c1nc(CSc2nnc(-c3ccccc3C)o2)cs1)c1c(C)cc(C)cc1Cl. The van der Waals surface area contributed by atoms with E-state index < -0.39 is 0 Å². The number of anilines is 2. The van der Waals surface area contributed by atoms with E-state index in [1.807, 2.05) is 62.5 Å². The van der Waals surface area contributed by atoms with Crippen molar-refractivity contribution in [3.63, 3.8) is 0 Å². The number of aryl methyl sites for hydroxylation is 3. The van der Waals surface area contributed by atoms with Gasteiger partial charge in [0.2, 0.25) is 11.8 Å². The summed E-state index contributed by atoms with van der Waals surface area (Å²) in [6.07, 6.45) is 0. The quantitative estimate of drug-likeness (QED) is 0.282. The first-order valence-electron chi connectivity index (χ1n) is 9.87. The molecule has 2 aromatic carbocycles. The molecule has 0 radical (unpaired) electrons. The molecule has 0 aliphatic heterocycles. The molecule has 1 amide bonds. The Labute approximate surface area is 199 Å². The lowest BCUT2D eigenvalue weighted by atomic mass is 10.1. The number of aromatic nitrogens is 3. The van der Waals surface area contributed by atoms with E-state index >= 15 is 0 Å². The summed E-state index contributed by atoms with van der Waals surface area (Å²) in [6, 6.07) is 11.7. The molecule has 9 heteroatoms. The average molecular weight is 485 g/mol. The summed E-state index contributed by atoms with van der Waals surface area (Å²) in [5.74, 6) is 0.891. The molecule has 0 bridgehead atoms. The highest BCUT2D eigenvalue weighted by Crippen LogP contribution is 2.38. The van der Waals surface area contributed by atoms with E-state index in [0.29, 0.717) is 32.7 Å². The first kappa shape index (κ1) is 22.5. The summed E-state index contributed by atoms with van der Waals surface area (Å²) in [7, 11) is 0. The van der Waals surface area contributed by atoms with Crippen LogP contribution >= 0.6 is 34.7 Å². The Bertz CT molecular complexity index is 1260. The van der Waals surface area contributed by atoms with Crippen molar-refractivity contribution < 1.29 is 9.21 Å². The molecular formula is C23H21ClN4O2S2. The zero-order valence-electron chi connectivity index (χ0n) is 18.0. The molecule has 0 aliphatic rings. The molecule has 4 rings (SSSR count). The molecular weight excluding hydrogens is 464 g/mol. The smallest absolute Gasteiger partial charge is 0.277 e. The summed E-state index contributed by atoms with van der Waals surface area (Å²) in [6.45, 7) is 7.43. The van der Waals surface area contributed by atoms with Crippen LogP contribution in [0, 0.1) is 20.8 Å². The highest BCUT2D eigenvalue weighted by atomic mass is 35.5. The molecule has 0 fully saturated rings. The first-order chi connectivity index (χ1) is 15.3. The second kappa shape index (κ2) is 9.44. The van der Waals surface area contributed by atoms with Gasteiger partial charge in [-0.25, -0.2) is 4.98 Å². The Kier molecular flexibility index (Phi) is 6.64. The van der Waals surface area contributed by atoms with Crippen LogP contribution in [-0.2, 0) is 10.5 Å². The molecule has 0 aliphatic carbocycles. The van der Waals surface area contributed by atoms with Crippen molar-refractivity contribution in [2.75, 3.05) is 4.90 Å². The van der Waals surface area contributed by atoms with Crippen LogP contribution in [-0.4, -0.2) is 21.1 Å². The number of hydrogen-bond donors (Lipinski definition) is 0. The standard InChI is InChI=1S/C23H21ClN4O2S2/c1-13-9-15(3)20(19(24)10-13)28(16(4)29)22-25-17(11-31-22)12-32-23-27-26-21(30-23)18-8-6-5-7-14(18)2/h5-11H,12H2,1-4H3. The summed E-state index contributed by atoms with van der Waals surface area (Å²) in [5.41, 5.74) is 5.44. The van der Waals surface area contributed by atoms with Crippen LogP contribution in [0.2, 0.25) is 5.02 Å². The van der Waals surface area contributed by atoms with E-state index in [1.54, 1.807) is 4.90 Å². The second-order valence-corrected chi connectivity index (χ2v) is 9.54. The predicted molar refractivity (Wildman–Crippen MR) is 130 cm³/mol. The Morgan fingerprint density at radius 3 is 2.66 bits per heavy atom. The van der Waals surface area contributed by atoms with Crippen LogP contribution in [0.1, 0.15) is 29.3 Å². The van der Waals surface area contributed by atoms with Crippen LogP contribution in [0.3, 0.4) is 0 Å². The highest BCUT2D eigenvalue weighted by molar-refractivity contribution is 7.98. The summed E-state index contributed by atoms with van der Waals surface area (Å²) in [4.78, 5) is 18.7. The number of carbonyl (C=O) groups excluding carboxylic acids is 1. The third-order valence-corrected chi connectivity index (χ3v) is 6.81. The third kappa shape index (κ3) is 4.72. The largest absolute Gasteiger partial charge is 0.411 e. The van der Waals surface area contributed by atoms with Gasteiger partial charge in [-0.05, 0) is 49.6 Å². The van der Waals surface area contributed by atoms with Crippen LogP contribution in [0.5, 0.6) is 0 Å². The van der Waals surface area contributed by atoms with Gasteiger partial charge in [0.1, 0.15) is 0 Å². The van der Waals surface area contributed by atoms with E-state index in [9.17, 15) is 4.79 Å². The van der Waals surface area contributed by atoms with Crippen LogP contribution < -0.4 is 4.90 Å². The maximum absolute atomic E-state index is 12.5. The van der Waals surface area contributed by atoms with Crippen LogP contribution in [0.4, 0.5) is 10.8 Å². The van der Waals surface area contributed by atoms with Gasteiger partial charge >= 0.3 is 0 Å². The minimum Gasteiger partial charge on any atom is -0.411 e. The van der Waals surface area contributed by atoms with E-state index in [2.05, 4.69) is 15.2 Å². The fourth-order valence-electron chi connectivity index (χ4n) is 3.37. The van der Waals surface area contributed by atoms with Crippen molar-refractivity contribution >= 4 is 51.4 Å². The second-order valence-electron chi connectivity index (χ2n) is 7.36. The normalized spacial score (nSPS) is 11.0. The Morgan fingerprint density at radius 1 is 1.16 bits per heavy atom.